The van der Waals surface area contributed by atoms with Crippen LogP contribution in [-0.2, 0) is 26.9 Å². The van der Waals surface area contributed by atoms with E-state index >= 15 is 0 Å². The molecule has 0 aromatic heterocycles. The van der Waals surface area contributed by atoms with Gasteiger partial charge in [-0.1, -0.05) is 48.5 Å². The number of carbonyl (C=O) groups is 1. The molecule has 0 radical (unpaired) electrons. The van der Waals surface area contributed by atoms with Gasteiger partial charge in [-0.05, 0) is 49.4 Å². The average molecular weight is 418 g/mol. The number of allylic oxidation sites excluding steroid dienone is 1. The Morgan fingerprint density at radius 1 is 1.13 bits per heavy atom. The fourth-order valence-corrected chi connectivity index (χ4v) is 3.68. The van der Waals surface area contributed by atoms with Gasteiger partial charge in [0.15, 0.2) is 0 Å². The summed E-state index contributed by atoms with van der Waals surface area (Å²) in [4.78, 5) is 12.1. The maximum atomic E-state index is 12.8. The number of carbonyl (C=O) groups excluding carboxylic acids is 1. The van der Waals surface area contributed by atoms with E-state index in [4.69, 9.17) is 9.47 Å². The second-order valence-corrected chi connectivity index (χ2v) is 7.56. The molecular weight excluding hydrogens is 393 g/mol. The Kier molecular flexibility index (Phi) is 6.98. The molecule has 3 atom stereocenters. The van der Waals surface area contributed by atoms with Crippen LogP contribution in [-0.4, -0.2) is 19.2 Å². The average Bonchev–Trinajstić information content (AvgIpc) is 3.14. The van der Waals surface area contributed by atoms with E-state index in [1.165, 1.54) is 12.1 Å². The van der Waals surface area contributed by atoms with Gasteiger partial charge in [-0.2, -0.15) is 13.2 Å². The fraction of sp³-hybridized carbons (Fsp3) is 0.375. The third kappa shape index (κ3) is 5.30. The lowest BCUT2D eigenvalue weighted by Gasteiger charge is -2.23. The minimum Gasteiger partial charge on any atom is -0.462 e. The molecule has 1 fully saturated rings. The van der Waals surface area contributed by atoms with Crippen molar-refractivity contribution in [1.29, 1.82) is 0 Å². The largest absolute Gasteiger partial charge is 0.462 e. The summed E-state index contributed by atoms with van der Waals surface area (Å²) in [7, 11) is 0. The van der Waals surface area contributed by atoms with Gasteiger partial charge < -0.3 is 9.47 Å². The molecule has 0 aliphatic carbocycles. The number of halogens is 3. The summed E-state index contributed by atoms with van der Waals surface area (Å²) in [5, 5.41) is 0. The third-order valence-electron chi connectivity index (χ3n) is 5.55. The van der Waals surface area contributed by atoms with E-state index in [1.807, 2.05) is 30.3 Å². The predicted molar refractivity (Wildman–Crippen MR) is 108 cm³/mol. The van der Waals surface area contributed by atoms with Crippen LogP contribution >= 0.6 is 0 Å². The molecule has 0 N–H and O–H groups in total. The van der Waals surface area contributed by atoms with Crippen molar-refractivity contribution in [2.75, 3.05) is 13.2 Å². The van der Waals surface area contributed by atoms with Crippen LogP contribution in [0.4, 0.5) is 13.2 Å². The van der Waals surface area contributed by atoms with E-state index in [0.717, 1.165) is 23.3 Å². The Bertz CT molecular complexity index is 873. The van der Waals surface area contributed by atoms with Gasteiger partial charge in [0.25, 0.3) is 0 Å². The van der Waals surface area contributed by atoms with Crippen LogP contribution in [0.1, 0.15) is 36.6 Å². The summed E-state index contributed by atoms with van der Waals surface area (Å²) < 4.78 is 50.0. The smallest absolute Gasteiger partial charge is 0.416 e. The summed E-state index contributed by atoms with van der Waals surface area (Å²) in [5.41, 5.74) is 1.66. The number of rotatable bonds is 6. The molecule has 0 spiro atoms. The Labute approximate surface area is 174 Å². The van der Waals surface area contributed by atoms with Gasteiger partial charge in [-0.15, -0.1) is 0 Å². The Morgan fingerprint density at radius 3 is 2.40 bits per heavy atom. The topological polar surface area (TPSA) is 35.5 Å². The van der Waals surface area contributed by atoms with E-state index < -0.39 is 11.7 Å². The van der Waals surface area contributed by atoms with Crippen LogP contribution in [0.25, 0.3) is 0 Å². The van der Waals surface area contributed by atoms with Crippen LogP contribution in [0.5, 0.6) is 0 Å². The van der Waals surface area contributed by atoms with Crippen LogP contribution < -0.4 is 0 Å². The predicted octanol–water partition coefficient (Wildman–Crippen LogP) is 5.76. The second kappa shape index (κ2) is 9.47. The van der Waals surface area contributed by atoms with E-state index in [0.29, 0.717) is 18.6 Å². The second-order valence-electron chi connectivity index (χ2n) is 7.56. The highest BCUT2D eigenvalue weighted by Gasteiger charge is 2.39. The number of alkyl halides is 3. The van der Waals surface area contributed by atoms with Gasteiger partial charge in [0.1, 0.15) is 0 Å². The molecule has 6 heteroatoms. The highest BCUT2D eigenvalue weighted by molar-refractivity contribution is 5.87. The Balaban J connectivity index is 1.76. The van der Waals surface area contributed by atoms with Crippen molar-refractivity contribution in [1.82, 2.24) is 0 Å². The normalized spacial score (nSPS) is 22.2. The first-order valence-corrected chi connectivity index (χ1v) is 9.92. The highest BCUT2D eigenvalue weighted by Crippen LogP contribution is 2.40. The molecule has 0 saturated carbocycles. The number of esters is 1. The van der Waals surface area contributed by atoms with Gasteiger partial charge >= 0.3 is 12.1 Å². The van der Waals surface area contributed by atoms with E-state index in [9.17, 15) is 18.0 Å². The zero-order chi connectivity index (χ0) is 21.7. The van der Waals surface area contributed by atoms with E-state index in [2.05, 4.69) is 0 Å². The minimum atomic E-state index is -4.35. The summed E-state index contributed by atoms with van der Waals surface area (Å²) >= 11 is 0. The van der Waals surface area contributed by atoms with Crippen LogP contribution in [0.3, 0.4) is 0 Å². The molecule has 30 heavy (non-hydrogen) atoms. The molecule has 0 amide bonds. The number of hydrogen-bond donors (Lipinski definition) is 0. The lowest BCUT2D eigenvalue weighted by Crippen LogP contribution is -2.24. The van der Waals surface area contributed by atoms with Crippen molar-refractivity contribution >= 4 is 5.97 Å². The van der Waals surface area contributed by atoms with Gasteiger partial charge in [0, 0.05) is 11.5 Å². The molecule has 1 heterocycles. The van der Waals surface area contributed by atoms with Crippen molar-refractivity contribution in [2.24, 2.45) is 11.8 Å². The van der Waals surface area contributed by atoms with Crippen molar-refractivity contribution in [3.63, 3.8) is 0 Å². The molecule has 1 aliphatic rings. The van der Waals surface area contributed by atoms with Crippen LogP contribution in [0.15, 0.2) is 66.2 Å². The first-order chi connectivity index (χ1) is 14.3. The van der Waals surface area contributed by atoms with Crippen LogP contribution in [0, 0.1) is 11.8 Å². The zero-order valence-corrected chi connectivity index (χ0v) is 17.0. The van der Waals surface area contributed by atoms with Gasteiger partial charge in [-0.25, -0.2) is 4.79 Å². The lowest BCUT2D eigenvalue weighted by atomic mass is 9.84. The molecule has 0 unspecified atom stereocenters. The molecule has 1 aliphatic heterocycles. The minimum absolute atomic E-state index is 0.0191. The Morgan fingerprint density at radius 2 is 1.80 bits per heavy atom. The SMILES string of the molecule is C/C=C(\C)C(=O)OC[C@H]1[C@@H](Cc2ccc(C(F)(F)F)cc2)CO[C@@H]1c1ccccc1. The number of hydrogen-bond acceptors (Lipinski definition) is 3. The first-order valence-electron chi connectivity index (χ1n) is 9.92. The molecule has 3 rings (SSSR count). The fourth-order valence-electron chi connectivity index (χ4n) is 3.68. The molecule has 2 aromatic carbocycles. The maximum absolute atomic E-state index is 12.8. The van der Waals surface area contributed by atoms with Crippen LogP contribution in [0.2, 0.25) is 0 Å². The number of ether oxygens (including phenoxy) is 2. The lowest BCUT2D eigenvalue weighted by molar-refractivity contribution is -0.141. The standard InChI is InChI=1S/C24H25F3O3/c1-3-16(2)23(28)30-15-21-19(14-29-22(21)18-7-5-4-6-8-18)13-17-9-11-20(12-10-17)24(25,26)27/h3-12,19,21-22H,13-15H2,1-2H3/b16-3+/t19-,21-,22+/m0/s1. The summed E-state index contributed by atoms with van der Waals surface area (Å²) in [6.07, 6.45) is -2.34. The van der Waals surface area contributed by atoms with Gasteiger partial charge in [0.05, 0.1) is 24.9 Å². The molecule has 3 nitrogen and oxygen atoms in total. The Hall–Kier alpha value is -2.60. The number of benzene rings is 2. The van der Waals surface area contributed by atoms with Gasteiger partial charge in [-0.3, -0.25) is 0 Å². The van der Waals surface area contributed by atoms with Crippen molar-refractivity contribution in [2.45, 2.75) is 32.5 Å². The molecule has 1 saturated heterocycles. The summed E-state index contributed by atoms with van der Waals surface area (Å²) in [5.74, 6) is -0.446. The third-order valence-corrected chi connectivity index (χ3v) is 5.55. The van der Waals surface area contributed by atoms with Gasteiger partial charge in [0.2, 0.25) is 0 Å². The van der Waals surface area contributed by atoms with E-state index in [-0.39, 0.29) is 30.5 Å². The monoisotopic (exact) mass is 418 g/mol. The van der Waals surface area contributed by atoms with Crippen molar-refractivity contribution < 1.29 is 27.4 Å². The summed E-state index contributed by atoms with van der Waals surface area (Å²) in [6.45, 7) is 4.11. The first kappa shape index (κ1) is 22.1. The highest BCUT2D eigenvalue weighted by atomic mass is 19.4. The van der Waals surface area contributed by atoms with Crippen molar-refractivity contribution in [3.8, 4) is 0 Å². The quantitative estimate of drug-likeness (QED) is 0.442. The molecule has 160 valence electrons. The maximum Gasteiger partial charge on any atom is 0.416 e. The summed E-state index contributed by atoms with van der Waals surface area (Å²) in [6, 6.07) is 14.9. The molecule has 0 bridgehead atoms. The molecular formula is C24H25F3O3. The van der Waals surface area contributed by atoms with E-state index in [1.54, 1.807) is 19.9 Å². The van der Waals surface area contributed by atoms with Crippen molar-refractivity contribution in [3.05, 3.63) is 82.9 Å². The zero-order valence-electron chi connectivity index (χ0n) is 17.0. The molecule has 2 aromatic rings.